The first-order valence-corrected chi connectivity index (χ1v) is 13.0. The molecule has 1 amide bonds. The smallest absolute Gasteiger partial charge is 0.331 e. The number of piperidine rings is 1. The Bertz CT molecular complexity index is 1420. The molecular weight excluding hydrogens is 502 g/mol. The molecule has 0 spiro atoms. The van der Waals surface area contributed by atoms with Gasteiger partial charge in [-0.15, -0.1) is 0 Å². The van der Waals surface area contributed by atoms with E-state index in [9.17, 15) is 19.2 Å². The number of aliphatic carboxylic acids is 2. The van der Waals surface area contributed by atoms with Gasteiger partial charge in [-0.3, -0.25) is 18.8 Å². The summed E-state index contributed by atoms with van der Waals surface area (Å²) >= 11 is 0. The van der Waals surface area contributed by atoms with Crippen molar-refractivity contribution in [1.82, 2.24) is 24.3 Å². The molecule has 2 aromatic heterocycles. The standard InChI is InChI=1S/C24H29N5O2.C4H4O4/c1-25-22(30)16-28-21-10-5-13-26-23(21)29(24(28)31)18-11-14-27(15-12-18)20-9-4-7-17-6-2-3-8-19(17)20;5-3(6)1-2-4(7)8/h2-3,5-6,8,10,13,18,20H,4,7,9,11-12,14-16H2,1H3,(H,25,30);1-2H,(H,5,6)(H,7,8)/b;2-1+/t20-;/m1./s1. The van der Waals surface area contributed by atoms with Gasteiger partial charge in [-0.25, -0.2) is 19.4 Å². The number of nitrogens with one attached hydrogen (secondary N) is 1. The van der Waals surface area contributed by atoms with E-state index >= 15 is 0 Å². The minimum atomic E-state index is -1.26. The highest BCUT2D eigenvalue weighted by Gasteiger charge is 2.31. The molecule has 1 aliphatic carbocycles. The summed E-state index contributed by atoms with van der Waals surface area (Å²) in [5.41, 5.74) is 4.23. The van der Waals surface area contributed by atoms with Crippen LogP contribution in [-0.2, 0) is 27.3 Å². The zero-order valence-electron chi connectivity index (χ0n) is 21.8. The number of imidazole rings is 1. The van der Waals surface area contributed by atoms with Crippen molar-refractivity contribution in [1.29, 1.82) is 0 Å². The van der Waals surface area contributed by atoms with E-state index in [-0.39, 0.29) is 24.2 Å². The number of nitrogens with zero attached hydrogens (tertiary/aromatic N) is 4. The van der Waals surface area contributed by atoms with E-state index in [2.05, 4.69) is 39.5 Å². The number of fused-ring (bicyclic) bond motifs is 2. The number of likely N-dealkylation sites (N-methyl/N-ethyl adjacent to an activating group) is 1. The Hall–Kier alpha value is -4.25. The van der Waals surface area contributed by atoms with Crippen molar-refractivity contribution in [2.24, 2.45) is 0 Å². The molecule has 5 rings (SSSR count). The zero-order chi connectivity index (χ0) is 27.9. The summed E-state index contributed by atoms with van der Waals surface area (Å²) in [4.78, 5) is 51.5. The van der Waals surface area contributed by atoms with Gasteiger partial charge in [0.25, 0.3) is 0 Å². The molecule has 1 saturated heterocycles. The van der Waals surface area contributed by atoms with E-state index in [0.717, 1.165) is 31.4 Å². The fourth-order valence-corrected chi connectivity index (χ4v) is 5.52. The van der Waals surface area contributed by atoms with Gasteiger partial charge in [0.2, 0.25) is 5.91 Å². The van der Waals surface area contributed by atoms with Gasteiger partial charge in [-0.05, 0) is 55.4 Å². The number of pyridine rings is 1. The van der Waals surface area contributed by atoms with Crippen LogP contribution in [0.4, 0.5) is 0 Å². The molecule has 39 heavy (non-hydrogen) atoms. The van der Waals surface area contributed by atoms with Crippen molar-refractivity contribution < 1.29 is 24.6 Å². The predicted octanol–water partition coefficient (Wildman–Crippen LogP) is 2.37. The average Bonchev–Trinajstić information content (AvgIpc) is 3.22. The molecule has 3 aromatic rings. The Labute approximate surface area is 225 Å². The minimum Gasteiger partial charge on any atom is -0.478 e. The quantitative estimate of drug-likeness (QED) is 0.408. The van der Waals surface area contributed by atoms with Gasteiger partial charge in [0, 0.05) is 50.6 Å². The molecule has 0 unspecified atom stereocenters. The predicted molar refractivity (Wildman–Crippen MR) is 144 cm³/mol. The average molecular weight is 536 g/mol. The van der Waals surface area contributed by atoms with Crippen molar-refractivity contribution in [2.45, 2.75) is 50.7 Å². The number of hydrogen-bond acceptors (Lipinski definition) is 6. The maximum Gasteiger partial charge on any atom is 0.331 e. The molecule has 1 aromatic carbocycles. The molecule has 2 aliphatic rings. The molecule has 11 heteroatoms. The van der Waals surface area contributed by atoms with Crippen LogP contribution in [0.15, 0.2) is 59.5 Å². The Morgan fingerprint density at radius 2 is 1.72 bits per heavy atom. The maximum atomic E-state index is 13.3. The topological polar surface area (TPSA) is 147 Å². The van der Waals surface area contributed by atoms with Gasteiger partial charge in [0.05, 0.1) is 5.52 Å². The maximum absolute atomic E-state index is 13.3. The van der Waals surface area contributed by atoms with Gasteiger partial charge < -0.3 is 15.5 Å². The third kappa shape index (κ3) is 6.43. The number of amides is 1. The van der Waals surface area contributed by atoms with Crippen LogP contribution in [0, 0.1) is 0 Å². The van der Waals surface area contributed by atoms with Crippen molar-refractivity contribution in [3.63, 3.8) is 0 Å². The Kier molecular flexibility index (Phi) is 8.92. The third-order valence-electron chi connectivity index (χ3n) is 7.31. The Morgan fingerprint density at radius 3 is 2.38 bits per heavy atom. The highest BCUT2D eigenvalue weighted by atomic mass is 16.4. The number of carboxylic acids is 2. The lowest BCUT2D eigenvalue weighted by atomic mass is 9.86. The first kappa shape index (κ1) is 27.8. The lowest BCUT2D eigenvalue weighted by molar-refractivity contribution is -0.134. The fraction of sp³-hybridized carbons (Fsp3) is 0.393. The van der Waals surface area contributed by atoms with Crippen molar-refractivity contribution >= 4 is 29.0 Å². The number of aryl methyl sites for hydroxylation is 1. The number of aromatic nitrogens is 3. The van der Waals surface area contributed by atoms with E-state index in [1.165, 1.54) is 30.4 Å². The first-order chi connectivity index (χ1) is 18.8. The monoisotopic (exact) mass is 535 g/mol. The Morgan fingerprint density at radius 1 is 1.03 bits per heavy atom. The second-order valence-electron chi connectivity index (χ2n) is 9.64. The third-order valence-corrected chi connectivity index (χ3v) is 7.31. The molecule has 1 aliphatic heterocycles. The van der Waals surface area contributed by atoms with E-state index in [1.54, 1.807) is 17.8 Å². The highest BCUT2D eigenvalue weighted by Crippen LogP contribution is 2.37. The van der Waals surface area contributed by atoms with Crippen LogP contribution in [0.1, 0.15) is 48.9 Å². The number of benzene rings is 1. The lowest BCUT2D eigenvalue weighted by Crippen LogP contribution is -2.41. The number of likely N-dealkylation sites (tertiary alicyclic amines) is 1. The number of carbonyl (C=O) groups excluding carboxylic acids is 1. The molecule has 3 N–H and O–H groups in total. The van der Waals surface area contributed by atoms with Crippen LogP contribution in [0.3, 0.4) is 0 Å². The lowest BCUT2D eigenvalue weighted by Gasteiger charge is -2.40. The fourth-order valence-electron chi connectivity index (χ4n) is 5.52. The van der Waals surface area contributed by atoms with E-state index in [4.69, 9.17) is 10.2 Å². The van der Waals surface area contributed by atoms with E-state index in [0.29, 0.717) is 23.8 Å². The number of hydrogen-bond donors (Lipinski definition) is 3. The van der Waals surface area contributed by atoms with Crippen LogP contribution in [-0.4, -0.2) is 67.2 Å². The molecule has 1 atom stereocenters. The Balaban J connectivity index is 0.000000386. The molecule has 1 fully saturated rings. The second kappa shape index (κ2) is 12.5. The molecule has 206 valence electrons. The number of rotatable bonds is 6. The molecule has 0 bridgehead atoms. The summed E-state index contributed by atoms with van der Waals surface area (Å²) < 4.78 is 3.37. The highest BCUT2D eigenvalue weighted by molar-refractivity contribution is 5.89. The normalized spacial score (nSPS) is 17.8. The largest absolute Gasteiger partial charge is 0.478 e. The van der Waals surface area contributed by atoms with Gasteiger partial charge in [-0.1, -0.05) is 24.3 Å². The molecule has 11 nitrogen and oxygen atoms in total. The summed E-state index contributed by atoms with van der Waals surface area (Å²) in [5.74, 6) is -2.70. The SMILES string of the molecule is CNC(=O)Cn1c(=O)n(C2CCN([C@@H]3CCCc4ccccc43)CC2)c2ncccc21.O=C(O)/C=C/C(=O)O. The van der Waals surface area contributed by atoms with Crippen LogP contribution < -0.4 is 11.0 Å². The van der Waals surface area contributed by atoms with Gasteiger partial charge in [0.15, 0.2) is 5.65 Å². The van der Waals surface area contributed by atoms with E-state index in [1.807, 2.05) is 16.7 Å². The van der Waals surface area contributed by atoms with Crippen molar-refractivity contribution in [2.75, 3.05) is 20.1 Å². The molecule has 3 heterocycles. The van der Waals surface area contributed by atoms with Crippen LogP contribution in [0.25, 0.3) is 11.2 Å². The van der Waals surface area contributed by atoms with Gasteiger partial charge >= 0.3 is 17.6 Å². The number of carbonyl (C=O) groups is 3. The van der Waals surface area contributed by atoms with Crippen LogP contribution in [0.2, 0.25) is 0 Å². The molecule has 0 radical (unpaired) electrons. The molecule has 0 saturated carbocycles. The number of carboxylic acid groups (broad SMARTS) is 2. The minimum absolute atomic E-state index is 0.0161. The first-order valence-electron chi connectivity index (χ1n) is 13.0. The summed E-state index contributed by atoms with van der Waals surface area (Å²) in [7, 11) is 1.59. The van der Waals surface area contributed by atoms with Crippen LogP contribution >= 0.6 is 0 Å². The summed E-state index contributed by atoms with van der Waals surface area (Å²) in [5, 5.41) is 18.2. The summed E-state index contributed by atoms with van der Waals surface area (Å²) in [6.07, 6.45) is 8.27. The zero-order valence-corrected chi connectivity index (χ0v) is 21.8. The van der Waals surface area contributed by atoms with Gasteiger partial charge in [0.1, 0.15) is 6.54 Å². The van der Waals surface area contributed by atoms with Crippen molar-refractivity contribution in [3.8, 4) is 0 Å². The second-order valence-corrected chi connectivity index (χ2v) is 9.64. The summed E-state index contributed by atoms with van der Waals surface area (Å²) in [6, 6.07) is 13.1. The van der Waals surface area contributed by atoms with Gasteiger partial charge in [-0.2, -0.15) is 0 Å². The van der Waals surface area contributed by atoms with E-state index < -0.39 is 11.9 Å². The van der Waals surface area contributed by atoms with Crippen LogP contribution in [0.5, 0.6) is 0 Å². The molecular formula is C28H33N5O6. The van der Waals surface area contributed by atoms with Crippen molar-refractivity contribution in [3.05, 3.63) is 76.4 Å². The summed E-state index contributed by atoms with van der Waals surface area (Å²) in [6.45, 7) is 1.94.